The third-order valence-corrected chi connectivity index (χ3v) is 4.29. The number of thioether (sulfide) groups is 1. The molecule has 1 aromatic carbocycles. The summed E-state index contributed by atoms with van der Waals surface area (Å²) in [5, 5.41) is 4.55. The van der Waals surface area contributed by atoms with Crippen LogP contribution in [0.4, 0.5) is 4.39 Å². The highest BCUT2D eigenvalue weighted by Gasteiger charge is 2.13. The van der Waals surface area contributed by atoms with Crippen LogP contribution in [0.15, 0.2) is 18.2 Å². The third-order valence-electron chi connectivity index (χ3n) is 2.80. The molecule has 0 aliphatic heterocycles. The van der Waals surface area contributed by atoms with Gasteiger partial charge in [0.15, 0.2) is 0 Å². The lowest BCUT2D eigenvalue weighted by Crippen LogP contribution is -2.34. The molecule has 0 aliphatic carbocycles. The van der Waals surface area contributed by atoms with Crippen LogP contribution in [-0.4, -0.2) is 23.6 Å². The highest BCUT2D eigenvalue weighted by atomic mass is 35.5. The molecule has 19 heavy (non-hydrogen) atoms. The van der Waals surface area contributed by atoms with Crippen molar-refractivity contribution in [2.75, 3.05) is 12.3 Å². The van der Waals surface area contributed by atoms with Gasteiger partial charge in [-0.15, -0.1) is 0 Å². The van der Waals surface area contributed by atoms with Gasteiger partial charge < -0.3 is 5.32 Å². The van der Waals surface area contributed by atoms with Gasteiger partial charge in [0.1, 0.15) is 5.82 Å². The molecule has 108 valence electrons. The smallest absolute Gasteiger partial charge is 0.127 e. The van der Waals surface area contributed by atoms with Gasteiger partial charge in [0, 0.05) is 16.8 Å². The number of halogens is 2. The molecule has 0 heterocycles. The van der Waals surface area contributed by atoms with E-state index in [0.29, 0.717) is 22.7 Å². The number of rotatable bonds is 8. The summed E-state index contributed by atoms with van der Waals surface area (Å²) >= 11 is 7.69. The Morgan fingerprint density at radius 3 is 2.68 bits per heavy atom. The molecule has 1 unspecified atom stereocenters. The first-order valence-electron chi connectivity index (χ1n) is 6.81. The Labute approximate surface area is 125 Å². The Balaban J connectivity index is 2.63. The van der Waals surface area contributed by atoms with E-state index in [0.717, 1.165) is 24.3 Å². The second-order valence-electron chi connectivity index (χ2n) is 4.97. The van der Waals surface area contributed by atoms with Gasteiger partial charge in [0.25, 0.3) is 0 Å². The van der Waals surface area contributed by atoms with Crippen molar-refractivity contribution in [3.05, 3.63) is 34.6 Å². The van der Waals surface area contributed by atoms with E-state index in [2.05, 4.69) is 26.1 Å². The Kier molecular flexibility index (Phi) is 7.81. The quantitative estimate of drug-likeness (QED) is 0.757. The van der Waals surface area contributed by atoms with E-state index >= 15 is 0 Å². The molecule has 1 atom stereocenters. The molecule has 1 nitrogen and oxygen atoms in total. The second-order valence-corrected chi connectivity index (χ2v) is 7.02. The molecule has 0 aromatic heterocycles. The molecule has 0 saturated heterocycles. The lowest BCUT2D eigenvalue weighted by molar-refractivity contribution is 0.530. The molecule has 1 rings (SSSR count). The van der Waals surface area contributed by atoms with Gasteiger partial charge in [-0.25, -0.2) is 4.39 Å². The highest BCUT2D eigenvalue weighted by Crippen LogP contribution is 2.18. The van der Waals surface area contributed by atoms with Gasteiger partial charge >= 0.3 is 0 Å². The van der Waals surface area contributed by atoms with Gasteiger partial charge in [-0.05, 0) is 42.3 Å². The number of hydrogen-bond donors (Lipinski definition) is 1. The molecule has 0 bridgehead atoms. The van der Waals surface area contributed by atoms with Crippen molar-refractivity contribution >= 4 is 23.4 Å². The van der Waals surface area contributed by atoms with E-state index in [1.807, 2.05) is 11.8 Å². The molecular weight excluding hydrogens is 281 g/mol. The number of hydrogen-bond acceptors (Lipinski definition) is 2. The zero-order valence-electron chi connectivity index (χ0n) is 11.9. The van der Waals surface area contributed by atoms with Gasteiger partial charge in [-0.2, -0.15) is 11.8 Å². The van der Waals surface area contributed by atoms with Crippen molar-refractivity contribution in [1.29, 1.82) is 0 Å². The first-order valence-corrected chi connectivity index (χ1v) is 8.24. The summed E-state index contributed by atoms with van der Waals surface area (Å²) in [5.74, 6) is 0.796. The molecule has 0 radical (unpaired) electrons. The van der Waals surface area contributed by atoms with Gasteiger partial charge in [0.2, 0.25) is 0 Å². The van der Waals surface area contributed by atoms with Gasteiger partial charge in [-0.3, -0.25) is 0 Å². The molecular formula is C15H23ClFNS. The third kappa shape index (κ3) is 6.64. The van der Waals surface area contributed by atoms with Crippen LogP contribution in [0.25, 0.3) is 0 Å². The molecule has 0 saturated carbocycles. The summed E-state index contributed by atoms with van der Waals surface area (Å²) in [6, 6.07) is 5.25. The fraction of sp³-hybridized carbons (Fsp3) is 0.600. The largest absolute Gasteiger partial charge is 0.313 e. The molecule has 1 N–H and O–H groups in total. The second kappa shape index (κ2) is 8.83. The average molecular weight is 304 g/mol. The maximum Gasteiger partial charge on any atom is 0.127 e. The topological polar surface area (TPSA) is 12.0 Å². The average Bonchev–Trinajstić information content (AvgIpc) is 2.35. The van der Waals surface area contributed by atoms with Gasteiger partial charge in [-0.1, -0.05) is 38.4 Å². The fourth-order valence-corrected chi connectivity index (χ4v) is 2.81. The summed E-state index contributed by atoms with van der Waals surface area (Å²) in [5.41, 5.74) is 0.738. The monoisotopic (exact) mass is 303 g/mol. The minimum Gasteiger partial charge on any atom is -0.313 e. The predicted molar refractivity (Wildman–Crippen MR) is 84.8 cm³/mol. The Bertz CT molecular complexity index is 384. The van der Waals surface area contributed by atoms with E-state index in [9.17, 15) is 4.39 Å². The normalized spacial score (nSPS) is 12.9. The van der Waals surface area contributed by atoms with Crippen LogP contribution in [0.5, 0.6) is 0 Å². The number of benzene rings is 1. The maximum atomic E-state index is 13.8. The maximum absolute atomic E-state index is 13.8. The van der Waals surface area contributed by atoms with Crippen molar-refractivity contribution in [3.63, 3.8) is 0 Å². The minimum atomic E-state index is -0.203. The van der Waals surface area contributed by atoms with Crippen molar-refractivity contribution < 1.29 is 4.39 Å². The minimum absolute atomic E-state index is 0.203. The van der Waals surface area contributed by atoms with Crippen LogP contribution in [0.1, 0.15) is 32.8 Å². The zero-order chi connectivity index (χ0) is 14.3. The molecule has 0 spiro atoms. The molecule has 0 amide bonds. The SMILES string of the molecule is CCCNC(CSC(C)C)Cc1ccc(Cl)cc1F. The van der Waals surface area contributed by atoms with Crippen LogP contribution in [0, 0.1) is 5.82 Å². The first kappa shape index (κ1) is 16.8. The predicted octanol–water partition coefficient (Wildman–Crippen LogP) is 4.53. The summed E-state index contributed by atoms with van der Waals surface area (Å²) in [4.78, 5) is 0. The van der Waals surface area contributed by atoms with Crippen LogP contribution in [0.2, 0.25) is 5.02 Å². The van der Waals surface area contributed by atoms with E-state index in [4.69, 9.17) is 11.6 Å². The Morgan fingerprint density at radius 2 is 2.11 bits per heavy atom. The summed E-state index contributed by atoms with van der Waals surface area (Å²) in [6.07, 6.45) is 1.80. The molecule has 0 aliphatic rings. The number of nitrogens with one attached hydrogen (secondary N) is 1. The molecule has 1 aromatic rings. The summed E-state index contributed by atoms with van der Waals surface area (Å²) in [6.45, 7) is 7.48. The van der Waals surface area contributed by atoms with Gasteiger partial charge in [0.05, 0.1) is 0 Å². The van der Waals surface area contributed by atoms with Crippen LogP contribution >= 0.6 is 23.4 Å². The van der Waals surface area contributed by atoms with Crippen molar-refractivity contribution in [3.8, 4) is 0 Å². The molecule has 0 fully saturated rings. The van der Waals surface area contributed by atoms with Crippen molar-refractivity contribution in [2.24, 2.45) is 0 Å². The summed E-state index contributed by atoms with van der Waals surface area (Å²) in [7, 11) is 0. The lowest BCUT2D eigenvalue weighted by atomic mass is 10.1. The first-order chi connectivity index (χ1) is 9.02. The van der Waals surface area contributed by atoms with E-state index < -0.39 is 0 Å². The van der Waals surface area contributed by atoms with Crippen LogP contribution in [0.3, 0.4) is 0 Å². The summed E-state index contributed by atoms with van der Waals surface area (Å²) < 4.78 is 13.8. The highest BCUT2D eigenvalue weighted by molar-refractivity contribution is 7.99. The fourth-order valence-electron chi connectivity index (χ4n) is 1.80. The molecule has 4 heteroatoms. The van der Waals surface area contributed by atoms with Crippen molar-refractivity contribution in [2.45, 2.75) is 44.9 Å². The standard InChI is InChI=1S/C15H23ClFNS/c1-4-7-18-14(10-19-11(2)3)8-12-5-6-13(16)9-15(12)17/h5-6,9,11,14,18H,4,7-8,10H2,1-3H3. The van der Waals surface area contributed by atoms with E-state index in [1.165, 1.54) is 6.07 Å². The zero-order valence-corrected chi connectivity index (χ0v) is 13.5. The lowest BCUT2D eigenvalue weighted by Gasteiger charge is -2.19. The van der Waals surface area contributed by atoms with E-state index in [-0.39, 0.29) is 5.82 Å². The van der Waals surface area contributed by atoms with E-state index in [1.54, 1.807) is 12.1 Å². The van der Waals surface area contributed by atoms with Crippen LogP contribution in [-0.2, 0) is 6.42 Å². The van der Waals surface area contributed by atoms with Crippen LogP contribution < -0.4 is 5.32 Å². The Hall–Kier alpha value is -0.250. The Morgan fingerprint density at radius 1 is 1.37 bits per heavy atom. The van der Waals surface area contributed by atoms with Crippen molar-refractivity contribution in [1.82, 2.24) is 5.32 Å².